The van der Waals surface area contributed by atoms with Crippen molar-refractivity contribution in [3.05, 3.63) is 52.2 Å². The zero-order chi connectivity index (χ0) is 19.1. The molecule has 1 aromatic carbocycles. The topological polar surface area (TPSA) is 58.6 Å². The van der Waals surface area contributed by atoms with E-state index in [1.807, 2.05) is 53.6 Å². The second-order valence-electron chi connectivity index (χ2n) is 6.87. The Bertz CT molecular complexity index is 735. The fourth-order valence-electron chi connectivity index (χ4n) is 3.14. The molecule has 144 valence electrons. The van der Waals surface area contributed by atoms with Crippen LogP contribution in [0.5, 0.6) is 5.75 Å². The fourth-order valence-corrected chi connectivity index (χ4v) is 3.77. The Balaban J connectivity index is 1.32. The van der Waals surface area contributed by atoms with Gasteiger partial charge < -0.3 is 15.0 Å². The number of amides is 2. The van der Waals surface area contributed by atoms with Crippen molar-refractivity contribution in [3.63, 3.8) is 0 Å². The summed E-state index contributed by atoms with van der Waals surface area (Å²) in [6.45, 7) is 3.99. The van der Waals surface area contributed by atoms with Gasteiger partial charge in [0.15, 0.2) is 0 Å². The number of nitrogens with one attached hydrogen (secondary N) is 1. The minimum absolute atomic E-state index is 0.0111. The Hall–Kier alpha value is -2.34. The molecule has 0 atom stereocenters. The quantitative estimate of drug-likeness (QED) is 0.739. The Kier molecular flexibility index (Phi) is 6.87. The van der Waals surface area contributed by atoms with Crippen LogP contribution >= 0.6 is 11.3 Å². The van der Waals surface area contributed by atoms with E-state index in [0.717, 1.165) is 23.5 Å². The molecular formula is C21H26N2O3S. The van der Waals surface area contributed by atoms with Gasteiger partial charge in [-0.15, -0.1) is 11.3 Å². The van der Waals surface area contributed by atoms with Gasteiger partial charge in [0, 0.05) is 25.6 Å². The molecule has 1 aliphatic rings. The number of hydrogen-bond donors (Lipinski definition) is 1. The van der Waals surface area contributed by atoms with Crippen molar-refractivity contribution in [2.75, 3.05) is 19.7 Å². The summed E-state index contributed by atoms with van der Waals surface area (Å²) in [7, 11) is 0. The van der Waals surface area contributed by atoms with Crippen LogP contribution < -0.4 is 10.1 Å². The molecule has 0 bridgehead atoms. The fraction of sp³-hybridized carbons (Fsp3) is 0.429. The highest BCUT2D eigenvalue weighted by atomic mass is 32.1. The van der Waals surface area contributed by atoms with Crippen molar-refractivity contribution in [2.24, 2.45) is 0 Å². The zero-order valence-electron chi connectivity index (χ0n) is 15.6. The van der Waals surface area contributed by atoms with Crippen molar-refractivity contribution in [1.29, 1.82) is 0 Å². The molecule has 6 heteroatoms. The molecule has 1 aromatic heterocycles. The van der Waals surface area contributed by atoms with Gasteiger partial charge in [0.2, 0.25) is 5.91 Å². The Morgan fingerprint density at radius 1 is 1.19 bits per heavy atom. The molecule has 2 aromatic rings. The lowest BCUT2D eigenvalue weighted by molar-refractivity contribution is -0.132. The number of carbonyl (C=O) groups is 2. The molecule has 5 nitrogen and oxygen atoms in total. The Labute approximate surface area is 164 Å². The maximum absolute atomic E-state index is 12.4. The lowest BCUT2D eigenvalue weighted by Gasteiger charge is -2.32. The van der Waals surface area contributed by atoms with Crippen LogP contribution in [0, 0.1) is 6.92 Å². The number of nitrogens with zero attached hydrogens (tertiary/aromatic N) is 1. The van der Waals surface area contributed by atoms with Crippen molar-refractivity contribution < 1.29 is 14.3 Å². The maximum Gasteiger partial charge on any atom is 0.261 e. The first-order valence-electron chi connectivity index (χ1n) is 9.43. The van der Waals surface area contributed by atoms with Crippen LogP contribution in [0.1, 0.15) is 40.9 Å². The molecule has 2 heterocycles. The van der Waals surface area contributed by atoms with E-state index in [0.29, 0.717) is 32.5 Å². The first-order chi connectivity index (χ1) is 13.1. The number of thiophene rings is 1. The molecule has 3 rings (SSSR count). The number of likely N-dealkylation sites (tertiary alicyclic amines) is 1. The minimum Gasteiger partial charge on any atom is -0.494 e. The van der Waals surface area contributed by atoms with E-state index in [2.05, 4.69) is 5.32 Å². The smallest absolute Gasteiger partial charge is 0.261 e. The van der Waals surface area contributed by atoms with Gasteiger partial charge in [0.1, 0.15) is 5.75 Å². The summed E-state index contributed by atoms with van der Waals surface area (Å²) in [6.07, 6.45) is 2.82. The molecule has 0 aliphatic carbocycles. The van der Waals surface area contributed by atoms with Gasteiger partial charge >= 0.3 is 0 Å². The minimum atomic E-state index is -0.0111. The SMILES string of the molecule is Cc1ccc(OCCCC(=O)N2CCC(NC(=O)c3cccs3)CC2)cc1. The van der Waals surface area contributed by atoms with Crippen molar-refractivity contribution >= 4 is 23.2 Å². The predicted octanol–water partition coefficient (Wildman–Crippen LogP) is 3.64. The molecular weight excluding hydrogens is 360 g/mol. The van der Waals surface area contributed by atoms with Gasteiger partial charge in [-0.2, -0.15) is 0 Å². The van der Waals surface area contributed by atoms with Crippen LogP contribution in [-0.2, 0) is 4.79 Å². The lowest BCUT2D eigenvalue weighted by atomic mass is 10.0. The number of piperidine rings is 1. The first kappa shape index (κ1) is 19.4. The van der Waals surface area contributed by atoms with Gasteiger partial charge in [0.05, 0.1) is 11.5 Å². The molecule has 0 spiro atoms. The molecule has 1 fully saturated rings. The van der Waals surface area contributed by atoms with Crippen LogP contribution in [0.3, 0.4) is 0 Å². The second kappa shape index (κ2) is 9.55. The molecule has 1 N–H and O–H groups in total. The second-order valence-corrected chi connectivity index (χ2v) is 7.82. The zero-order valence-corrected chi connectivity index (χ0v) is 16.5. The molecule has 1 aliphatic heterocycles. The van der Waals surface area contributed by atoms with E-state index in [9.17, 15) is 9.59 Å². The maximum atomic E-state index is 12.4. The number of rotatable bonds is 7. The van der Waals surface area contributed by atoms with E-state index < -0.39 is 0 Å². The van der Waals surface area contributed by atoms with Gasteiger partial charge in [-0.25, -0.2) is 0 Å². The average molecular weight is 387 g/mol. The number of carbonyl (C=O) groups excluding carboxylic acids is 2. The van der Waals surface area contributed by atoms with Crippen LogP contribution in [0.2, 0.25) is 0 Å². The first-order valence-corrected chi connectivity index (χ1v) is 10.3. The third-order valence-corrected chi connectivity index (χ3v) is 5.62. The highest BCUT2D eigenvalue weighted by Gasteiger charge is 2.24. The van der Waals surface area contributed by atoms with Crippen LogP contribution in [0.15, 0.2) is 41.8 Å². The van der Waals surface area contributed by atoms with E-state index in [-0.39, 0.29) is 17.9 Å². The van der Waals surface area contributed by atoms with Crippen LogP contribution in [0.4, 0.5) is 0 Å². The van der Waals surface area contributed by atoms with E-state index >= 15 is 0 Å². The highest BCUT2D eigenvalue weighted by molar-refractivity contribution is 7.12. The summed E-state index contributed by atoms with van der Waals surface area (Å²) in [5.41, 5.74) is 1.20. The average Bonchev–Trinajstić information content (AvgIpc) is 3.22. The number of benzene rings is 1. The normalized spacial score (nSPS) is 14.8. The molecule has 2 amide bonds. The van der Waals surface area contributed by atoms with Crippen LogP contribution in [0.25, 0.3) is 0 Å². The Morgan fingerprint density at radius 2 is 1.93 bits per heavy atom. The summed E-state index contributed by atoms with van der Waals surface area (Å²) < 4.78 is 5.68. The standard InChI is InChI=1S/C21H26N2O3S/c1-16-6-8-18(9-7-16)26-14-2-5-20(24)23-12-10-17(11-13-23)22-21(25)19-4-3-15-27-19/h3-4,6-9,15,17H,2,5,10-14H2,1H3,(H,22,25). The lowest BCUT2D eigenvalue weighted by Crippen LogP contribution is -2.46. The summed E-state index contributed by atoms with van der Waals surface area (Å²) in [6, 6.07) is 11.8. The van der Waals surface area contributed by atoms with E-state index in [4.69, 9.17) is 4.74 Å². The number of aryl methyl sites for hydroxylation is 1. The van der Waals surface area contributed by atoms with Gasteiger partial charge in [0.25, 0.3) is 5.91 Å². The molecule has 27 heavy (non-hydrogen) atoms. The van der Waals surface area contributed by atoms with E-state index in [1.54, 1.807) is 0 Å². The number of hydrogen-bond acceptors (Lipinski definition) is 4. The third kappa shape index (κ3) is 5.82. The highest BCUT2D eigenvalue weighted by Crippen LogP contribution is 2.15. The van der Waals surface area contributed by atoms with Crippen molar-refractivity contribution in [3.8, 4) is 5.75 Å². The van der Waals surface area contributed by atoms with Gasteiger partial charge in [-0.3, -0.25) is 9.59 Å². The van der Waals surface area contributed by atoms with Crippen LogP contribution in [-0.4, -0.2) is 42.5 Å². The molecule has 0 radical (unpaired) electrons. The monoisotopic (exact) mass is 386 g/mol. The summed E-state index contributed by atoms with van der Waals surface area (Å²) >= 11 is 1.45. The molecule has 0 unspecified atom stereocenters. The largest absolute Gasteiger partial charge is 0.494 e. The predicted molar refractivity (Wildman–Crippen MR) is 107 cm³/mol. The summed E-state index contributed by atoms with van der Waals surface area (Å²) in [5.74, 6) is 1.00. The van der Waals surface area contributed by atoms with Gasteiger partial charge in [-0.05, 0) is 49.8 Å². The Morgan fingerprint density at radius 3 is 2.59 bits per heavy atom. The third-order valence-electron chi connectivity index (χ3n) is 4.75. The summed E-state index contributed by atoms with van der Waals surface area (Å²) in [5, 5.41) is 4.97. The van der Waals surface area contributed by atoms with E-state index in [1.165, 1.54) is 16.9 Å². The van der Waals surface area contributed by atoms with Crippen molar-refractivity contribution in [1.82, 2.24) is 10.2 Å². The molecule has 1 saturated heterocycles. The summed E-state index contributed by atoms with van der Waals surface area (Å²) in [4.78, 5) is 27.1. The molecule has 0 saturated carbocycles. The number of ether oxygens (including phenoxy) is 1. The van der Waals surface area contributed by atoms with Gasteiger partial charge in [-0.1, -0.05) is 23.8 Å². The van der Waals surface area contributed by atoms with Crippen molar-refractivity contribution in [2.45, 2.75) is 38.6 Å².